The summed E-state index contributed by atoms with van der Waals surface area (Å²) in [5, 5.41) is 11.4. The van der Waals surface area contributed by atoms with E-state index in [1.165, 1.54) is 0 Å². The average molecular weight is 341 g/mol. The van der Waals surface area contributed by atoms with E-state index in [1.54, 1.807) is 17.0 Å². The number of rotatable bonds is 4. The van der Waals surface area contributed by atoms with Crippen LogP contribution in [-0.2, 0) is 4.79 Å². The molecule has 0 saturated carbocycles. The minimum Gasteiger partial charge on any atom is -0.395 e. The first-order chi connectivity index (χ1) is 9.63. The molecule has 0 spiro atoms. The molecular weight excluding hydrogens is 324 g/mol. The fourth-order valence-electron chi connectivity index (χ4n) is 2.34. The minimum atomic E-state index is -0.433. The Bertz CT molecular complexity index is 490. The van der Waals surface area contributed by atoms with Crippen molar-refractivity contribution in [1.29, 1.82) is 0 Å². The van der Waals surface area contributed by atoms with Gasteiger partial charge in [0.25, 0.3) is 5.91 Å². The Labute approximate surface area is 126 Å². The van der Waals surface area contributed by atoms with Crippen LogP contribution in [0.15, 0.2) is 28.7 Å². The number of nitrogens with one attached hydrogen (secondary N) is 1. The Balaban J connectivity index is 2.08. The highest BCUT2D eigenvalue weighted by molar-refractivity contribution is 9.10. The second-order valence-corrected chi connectivity index (χ2v) is 5.59. The second kappa shape index (κ2) is 6.85. The van der Waals surface area contributed by atoms with Crippen LogP contribution < -0.4 is 5.32 Å². The summed E-state index contributed by atoms with van der Waals surface area (Å²) in [6.07, 6.45) is 1.49. The highest BCUT2D eigenvalue weighted by Gasteiger charge is 2.34. The zero-order chi connectivity index (χ0) is 14.5. The van der Waals surface area contributed by atoms with Crippen LogP contribution in [0.3, 0.4) is 0 Å². The van der Waals surface area contributed by atoms with E-state index in [4.69, 9.17) is 5.11 Å². The summed E-state index contributed by atoms with van der Waals surface area (Å²) >= 11 is 3.33. The Morgan fingerprint density at radius 3 is 2.70 bits per heavy atom. The molecule has 20 heavy (non-hydrogen) atoms. The third-order valence-corrected chi connectivity index (χ3v) is 3.85. The van der Waals surface area contributed by atoms with Crippen molar-refractivity contribution in [2.75, 3.05) is 19.7 Å². The molecule has 1 atom stereocenters. The lowest BCUT2D eigenvalue weighted by molar-refractivity contribution is -0.125. The zero-order valence-corrected chi connectivity index (χ0v) is 12.6. The van der Waals surface area contributed by atoms with Gasteiger partial charge in [-0.15, -0.1) is 0 Å². The van der Waals surface area contributed by atoms with Crippen molar-refractivity contribution in [1.82, 2.24) is 10.2 Å². The van der Waals surface area contributed by atoms with E-state index >= 15 is 0 Å². The number of benzene rings is 1. The summed E-state index contributed by atoms with van der Waals surface area (Å²) in [5.74, 6) is -0.318. The van der Waals surface area contributed by atoms with E-state index < -0.39 is 6.04 Å². The number of likely N-dealkylation sites (tertiary alicyclic amines) is 1. The number of carbonyl (C=O) groups is 2. The molecule has 1 unspecified atom stereocenters. The first-order valence-corrected chi connectivity index (χ1v) is 7.38. The molecule has 1 heterocycles. The van der Waals surface area contributed by atoms with Crippen LogP contribution in [-0.4, -0.2) is 47.6 Å². The molecule has 1 aromatic carbocycles. The maximum absolute atomic E-state index is 12.4. The van der Waals surface area contributed by atoms with E-state index in [0.717, 1.165) is 10.9 Å². The number of carbonyl (C=O) groups excluding carboxylic acids is 2. The summed E-state index contributed by atoms with van der Waals surface area (Å²) in [7, 11) is 0. The monoisotopic (exact) mass is 340 g/mol. The SMILES string of the molecule is O=C(NCCO)C1CCCN1C(=O)c1ccc(Br)cc1. The maximum Gasteiger partial charge on any atom is 0.254 e. The highest BCUT2D eigenvalue weighted by Crippen LogP contribution is 2.21. The largest absolute Gasteiger partial charge is 0.395 e. The molecule has 1 aliphatic rings. The molecule has 6 heteroatoms. The number of aliphatic hydroxyl groups is 1. The summed E-state index contributed by atoms with van der Waals surface area (Å²) in [4.78, 5) is 26.0. The van der Waals surface area contributed by atoms with Crippen LogP contribution in [0.1, 0.15) is 23.2 Å². The first kappa shape index (κ1) is 15.0. The summed E-state index contributed by atoms with van der Waals surface area (Å²) in [6.45, 7) is 0.709. The minimum absolute atomic E-state index is 0.0981. The van der Waals surface area contributed by atoms with Gasteiger partial charge in [-0.25, -0.2) is 0 Å². The van der Waals surface area contributed by atoms with Gasteiger partial charge in [-0.1, -0.05) is 15.9 Å². The van der Waals surface area contributed by atoms with E-state index in [0.29, 0.717) is 18.5 Å². The molecule has 1 fully saturated rings. The second-order valence-electron chi connectivity index (χ2n) is 4.68. The number of halogens is 1. The van der Waals surface area contributed by atoms with E-state index in [9.17, 15) is 9.59 Å². The van der Waals surface area contributed by atoms with Gasteiger partial charge in [0.05, 0.1) is 6.61 Å². The zero-order valence-electron chi connectivity index (χ0n) is 11.0. The van der Waals surface area contributed by atoms with E-state index in [2.05, 4.69) is 21.2 Å². The van der Waals surface area contributed by atoms with Crippen molar-refractivity contribution in [3.05, 3.63) is 34.3 Å². The van der Waals surface area contributed by atoms with Gasteiger partial charge in [-0.2, -0.15) is 0 Å². The predicted molar refractivity (Wildman–Crippen MR) is 78.3 cm³/mol. The molecule has 1 aromatic rings. The molecule has 5 nitrogen and oxygen atoms in total. The third kappa shape index (κ3) is 3.37. The number of hydrogen-bond donors (Lipinski definition) is 2. The van der Waals surface area contributed by atoms with Crippen molar-refractivity contribution in [3.63, 3.8) is 0 Å². The molecule has 0 radical (unpaired) electrons. The Hall–Kier alpha value is -1.40. The van der Waals surface area contributed by atoms with Gasteiger partial charge in [0.2, 0.25) is 5.91 Å². The fourth-order valence-corrected chi connectivity index (χ4v) is 2.60. The van der Waals surface area contributed by atoms with Crippen LogP contribution in [0.4, 0.5) is 0 Å². The van der Waals surface area contributed by atoms with Crippen LogP contribution in [0.25, 0.3) is 0 Å². The number of aliphatic hydroxyl groups excluding tert-OH is 1. The Kier molecular flexibility index (Phi) is 5.14. The van der Waals surface area contributed by atoms with Crippen LogP contribution in [0.2, 0.25) is 0 Å². The van der Waals surface area contributed by atoms with Crippen molar-refractivity contribution in [3.8, 4) is 0 Å². The molecule has 1 saturated heterocycles. The number of nitrogens with zero attached hydrogens (tertiary/aromatic N) is 1. The predicted octanol–water partition coefficient (Wildman–Crippen LogP) is 1.16. The van der Waals surface area contributed by atoms with Gasteiger partial charge in [0, 0.05) is 23.1 Å². The van der Waals surface area contributed by atoms with Crippen molar-refractivity contribution in [2.45, 2.75) is 18.9 Å². The molecule has 2 rings (SSSR count). The van der Waals surface area contributed by atoms with Crippen LogP contribution >= 0.6 is 15.9 Å². The topological polar surface area (TPSA) is 69.6 Å². The molecule has 2 N–H and O–H groups in total. The number of amides is 2. The number of hydrogen-bond acceptors (Lipinski definition) is 3. The highest BCUT2D eigenvalue weighted by atomic mass is 79.9. The standard InChI is InChI=1S/C14H17BrN2O3/c15-11-5-3-10(4-6-11)14(20)17-8-1-2-12(17)13(19)16-7-9-18/h3-6,12,18H,1-2,7-9H2,(H,16,19). The van der Waals surface area contributed by atoms with Crippen LogP contribution in [0.5, 0.6) is 0 Å². The smallest absolute Gasteiger partial charge is 0.254 e. The summed E-state index contributed by atoms with van der Waals surface area (Å²) < 4.78 is 0.910. The van der Waals surface area contributed by atoms with E-state index in [-0.39, 0.29) is 25.0 Å². The summed E-state index contributed by atoms with van der Waals surface area (Å²) in [5.41, 5.74) is 0.579. The van der Waals surface area contributed by atoms with E-state index in [1.807, 2.05) is 12.1 Å². The molecule has 0 bridgehead atoms. The quantitative estimate of drug-likeness (QED) is 0.864. The van der Waals surface area contributed by atoms with Crippen molar-refractivity contribution >= 4 is 27.7 Å². The molecule has 0 aromatic heterocycles. The van der Waals surface area contributed by atoms with Crippen LogP contribution in [0, 0.1) is 0 Å². The lowest BCUT2D eigenvalue weighted by atomic mass is 10.1. The summed E-state index contributed by atoms with van der Waals surface area (Å²) in [6, 6.07) is 6.67. The Morgan fingerprint density at radius 2 is 2.05 bits per heavy atom. The first-order valence-electron chi connectivity index (χ1n) is 6.58. The molecular formula is C14H17BrN2O3. The third-order valence-electron chi connectivity index (χ3n) is 3.32. The van der Waals surface area contributed by atoms with Gasteiger partial charge in [-0.05, 0) is 37.1 Å². The normalized spacial score (nSPS) is 18.1. The van der Waals surface area contributed by atoms with Gasteiger partial charge in [-0.3, -0.25) is 9.59 Å². The van der Waals surface area contributed by atoms with Gasteiger partial charge in [0.15, 0.2) is 0 Å². The van der Waals surface area contributed by atoms with Crippen molar-refractivity contribution < 1.29 is 14.7 Å². The lowest BCUT2D eigenvalue weighted by Crippen LogP contribution is -2.46. The molecule has 0 aliphatic carbocycles. The molecule has 1 aliphatic heterocycles. The fraction of sp³-hybridized carbons (Fsp3) is 0.429. The Morgan fingerprint density at radius 1 is 1.35 bits per heavy atom. The van der Waals surface area contributed by atoms with Gasteiger partial charge < -0.3 is 15.3 Å². The van der Waals surface area contributed by atoms with Crippen molar-refractivity contribution in [2.24, 2.45) is 0 Å². The lowest BCUT2D eigenvalue weighted by Gasteiger charge is -2.24. The average Bonchev–Trinajstić information content (AvgIpc) is 2.94. The molecule has 108 valence electrons. The van der Waals surface area contributed by atoms with Gasteiger partial charge in [0.1, 0.15) is 6.04 Å². The van der Waals surface area contributed by atoms with Gasteiger partial charge >= 0.3 is 0 Å². The molecule has 2 amide bonds. The maximum atomic E-state index is 12.4.